The highest BCUT2D eigenvalue weighted by Crippen LogP contribution is 2.15. The molecular weight excluding hydrogens is 319 g/mol. The summed E-state index contributed by atoms with van der Waals surface area (Å²) in [5.74, 6) is -0.934. The van der Waals surface area contributed by atoms with Gasteiger partial charge in [0, 0.05) is 24.2 Å². The summed E-state index contributed by atoms with van der Waals surface area (Å²) >= 11 is 0. The number of hydrogen-bond donors (Lipinski definition) is 2. The summed E-state index contributed by atoms with van der Waals surface area (Å²) in [7, 11) is 0. The SMILES string of the molecule is O=C(CCNC(=O)c1ccc2ccccc2c1)Nc1cccc(F)c1. The van der Waals surface area contributed by atoms with E-state index in [9.17, 15) is 14.0 Å². The van der Waals surface area contributed by atoms with E-state index < -0.39 is 5.82 Å². The van der Waals surface area contributed by atoms with Crippen molar-refractivity contribution in [2.24, 2.45) is 0 Å². The van der Waals surface area contributed by atoms with Crippen molar-refractivity contribution in [2.75, 3.05) is 11.9 Å². The number of hydrogen-bond acceptors (Lipinski definition) is 2. The van der Waals surface area contributed by atoms with E-state index >= 15 is 0 Å². The lowest BCUT2D eigenvalue weighted by molar-refractivity contribution is -0.116. The molecule has 0 spiro atoms. The van der Waals surface area contributed by atoms with Gasteiger partial charge in [-0.2, -0.15) is 0 Å². The van der Waals surface area contributed by atoms with E-state index in [1.165, 1.54) is 18.2 Å². The number of rotatable bonds is 5. The van der Waals surface area contributed by atoms with Crippen molar-refractivity contribution < 1.29 is 14.0 Å². The van der Waals surface area contributed by atoms with Gasteiger partial charge in [0.2, 0.25) is 5.91 Å². The van der Waals surface area contributed by atoms with Crippen LogP contribution in [0, 0.1) is 5.82 Å². The summed E-state index contributed by atoms with van der Waals surface area (Å²) in [5, 5.41) is 7.36. The number of halogens is 1. The van der Waals surface area contributed by atoms with Crippen LogP contribution in [0.3, 0.4) is 0 Å². The molecule has 3 aromatic carbocycles. The molecule has 0 aliphatic rings. The van der Waals surface area contributed by atoms with Gasteiger partial charge >= 0.3 is 0 Å². The maximum Gasteiger partial charge on any atom is 0.251 e. The Morgan fingerprint density at radius 3 is 2.48 bits per heavy atom. The monoisotopic (exact) mass is 336 g/mol. The molecule has 0 heterocycles. The first-order chi connectivity index (χ1) is 12.1. The Morgan fingerprint density at radius 1 is 0.880 bits per heavy atom. The molecular formula is C20H17FN2O2. The fourth-order valence-electron chi connectivity index (χ4n) is 2.51. The highest BCUT2D eigenvalue weighted by molar-refractivity contribution is 5.99. The van der Waals surface area contributed by atoms with Crippen LogP contribution in [0.15, 0.2) is 66.7 Å². The van der Waals surface area contributed by atoms with Gasteiger partial charge in [0.1, 0.15) is 5.82 Å². The predicted octanol–water partition coefficient (Wildman–Crippen LogP) is 3.74. The Morgan fingerprint density at radius 2 is 1.68 bits per heavy atom. The van der Waals surface area contributed by atoms with E-state index in [0.29, 0.717) is 11.3 Å². The van der Waals surface area contributed by atoms with Crippen LogP contribution in [0.1, 0.15) is 16.8 Å². The molecule has 4 nitrogen and oxygen atoms in total. The second kappa shape index (κ2) is 7.57. The molecule has 2 amide bonds. The molecule has 0 aliphatic carbocycles. The largest absolute Gasteiger partial charge is 0.352 e. The summed E-state index contributed by atoms with van der Waals surface area (Å²) in [4.78, 5) is 24.0. The molecule has 0 saturated carbocycles. The molecule has 0 saturated heterocycles. The Balaban J connectivity index is 1.52. The molecule has 0 atom stereocenters. The fraction of sp³-hybridized carbons (Fsp3) is 0.100. The third kappa shape index (κ3) is 4.41. The summed E-state index contributed by atoms with van der Waals surface area (Å²) < 4.78 is 13.1. The highest BCUT2D eigenvalue weighted by atomic mass is 19.1. The van der Waals surface area contributed by atoms with Gasteiger partial charge in [0.25, 0.3) is 5.91 Å². The molecule has 0 fully saturated rings. The molecule has 0 aromatic heterocycles. The van der Waals surface area contributed by atoms with Gasteiger partial charge in [-0.25, -0.2) is 4.39 Å². The molecule has 0 radical (unpaired) electrons. The van der Waals surface area contributed by atoms with Crippen LogP contribution in [0.2, 0.25) is 0 Å². The highest BCUT2D eigenvalue weighted by Gasteiger charge is 2.08. The smallest absolute Gasteiger partial charge is 0.251 e. The number of fused-ring (bicyclic) bond motifs is 1. The van der Waals surface area contributed by atoms with Crippen LogP contribution < -0.4 is 10.6 Å². The number of nitrogens with one attached hydrogen (secondary N) is 2. The normalized spacial score (nSPS) is 10.4. The van der Waals surface area contributed by atoms with E-state index in [0.717, 1.165) is 10.8 Å². The lowest BCUT2D eigenvalue weighted by Gasteiger charge is -2.07. The maximum atomic E-state index is 13.1. The molecule has 5 heteroatoms. The van der Waals surface area contributed by atoms with Crippen LogP contribution in [-0.2, 0) is 4.79 Å². The van der Waals surface area contributed by atoms with Gasteiger partial charge in [-0.3, -0.25) is 9.59 Å². The molecule has 126 valence electrons. The van der Waals surface area contributed by atoms with E-state index in [4.69, 9.17) is 0 Å². The molecule has 3 aromatic rings. The topological polar surface area (TPSA) is 58.2 Å². The molecule has 0 unspecified atom stereocenters. The predicted molar refractivity (Wildman–Crippen MR) is 95.9 cm³/mol. The first-order valence-electron chi connectivity index (χ1n) is 7.94. The van der Waals surface area contributed by atoms with Crippen LogP contribution in [0.25, 0.3) is 10.8 Å². The van der Waals surface area contributed by atoms with Crippen molar-refractivity contribution in [2.45, 2.75) is 6.42 Å². The third-order valence-corrected chi connectivity index (χ3v) is 3.76. The van der Waals surface area contributed by atoms with Gasteiger partial charge in [0.05, 0.1) is 0 Å². The molecule has 0 aliphatic heterocycles. The summed E-state index contributed by atoms with van der Waals surface area (Å²) in [6, 6.07) is 18.9. The van der Waals surface area contributed by atoms with Crippen LogP contribution in [-0.4, -0.2) is 18.4 Å². The second-order valence-corrected chi connectivity index (χ2v) is 5.63. The summed E-state index contributed by atoms with van der Waals surface area (Å²) in [5.41, 5.74) is 0.940. The van der Waals surface area contributed by atoms with Gasteiger partial charge in [-0.15, -0.1) is 0 Å². The second-order valence-electron chi connectivity index (χ2n) is 5.63. The summed E-state index contributed by atoms with van der Waals surface area (Å²) in [6.45, 7) is 0.201. The quantitative estimate of drug-likeness (QED) is 0.746. The summed E-state index contributed by atoms with van der Waals surface area (Å²) in [6.07, 6.45) is 0.107. The van der Waals surface area contributed by atoms with Crippen molar-refractivity contribution in [1.82, 2.24) is 5.32 Å². The average molecular weight is 336 g/mol. The van der Waals surface area contributed by atoms with E-state index in [-0.39, 0.29) is 24.8 Å². The van der Waals surface area contributed by atoms with Crippen molar-refractivity contribution in [3.05, 3.63) is 78.1 Å². The zero-order valence-electron chi connectivity index (χ0n) is 13.5. The number of amides is 2. The zero-order chi connectivity index (χ0) is 17.6. The third-order valence-electron chi connectivity index (χ3n) is 3.76. The first-order valence-corrected chi connectivity index (χ1v) is 7.94. The van der Waals surface area contributed by atoms with Gasteiger partial charge < -0.3 is 10.6 Å². The lowest BCUT2D eigenvalue weighted by atomic mass is 10.1. The number of benzene rings is 3. The minimum atomic E-state index is -0.414. The van der Waals surface area contributed by atoms with Gasteiger partial charge in [-0.05, 0) is 41.1 Å². The molecule has 25 heavy (non-hydrogen) atoms. The van der Waals surface area contributed by atoms with Crippen LogP contribution in [0.5, 0.6) is 0 Å². The van der Waals surface area contributed by atoms with Crippen molar-refractivity contribution in [3.8, 4) is 0 Å². The Kier molecular flexibility index (Phi) is 5.04. The van der Waals surface area contributed by atoms with Crippen molar-refractivity contribution in [1.29, 1.82) is 0 Å². The average Bonchev–Trinajstić information content (AvgIpc) is 2.61. The number of carbonyl (C=O) groups is 2. The molecule has 0 bridgehead atoms. The Bertz CT molecular complexity index is 924. The van der Waals surface area contributed by atoms with Crippen LogP contribution >= 0.6 is 0 Å². The van der Waals surface area contributed by atoms with Gasteiger partial charge in [0.15, 0.2) is 0 Å². The van der Waals surface area contributed by atoms with Crippen molar-refractivity contribution in [3.63, 3.8) is 0 Å². The molecule has 2 N–H and O–H groups in total. The Labute approximate surface area is 144 Å². The van der Waals surface area contributed by atoms with E-state index in [2.05, 4.69) is 10.6 Å². The minimum absolute atomic E-state index is 0.107. The number of anilines is 1. The lowest BCUT2D eigenvalue weighted by Crippen LogP contribution is -2.27. The van der Waals surface area contributed by atoms with E-state index in [1.807, 2.05) is 36.4 Å². The fourth-order valence-corrected chi connectivity index (χ4v) is 2.51. The van der Waals surface area contributed by atoms with E-state index in [1.54, 1.807) is 12.1 Å². The van der Waals surface area contributed by atoms with Crippen molar-refractivity contribution >= 4 is 28.3 Å². The maximum absolute atomic E-state index is 13.1. The van der Waals surface area contributed by atoms with Gasteiger partial charge in [-0.1, -0.05) is 36.4 Å². The number of carbonyl (C=O) groups excluding carboxylic acids is 2. The minimum Gasteiger partial charge on any atom is -0.352 e. The zero-order valence-corrected chi connectivity index (χ0v) is 13.5. The molecule has 3 rings (SSSR count). The Hall–Kier alpha value is -3.21. The van der Waals surface area contributed by atoms with Crippen LogP contribution in [0.4, 0.5) is 10.1 Å². The first kappa shape index (κ1) is 16.6. The standard InChI is InChI=1S/C20H17FN2O2/c21-17-6-3-7-18(13-17)23-19(24)10-11-22-20(25)16-9-8-14-4-1-2-5-15(14)12-16/h1-9,12-13H,10-11H2,(H,22,25)(H,23,24).